The van der Waals surface area contributed by atoms with Gasteiger partial charge < -0.3 is 15.1 Å². The number of benzene rings is 3. The highest BCUT2D eigenvalue weighted by Crippen LogP contribution is 2.25. The van der Waals surface area contributed by atoms with Gasteiger partial charge in [-0.15, -0.1) is 10.2 Å². The number of piperazine rings is 1. The molecule has 1 fully saturated rings. The minimum atomic E-state index is -0.425. The maximum atomic E-state index is 13.0. The van der Waals surface area contributed by atoms with Crippen molar-refractivity contribution in [1.82, 2.24) is 20.0 Å². The molecule has 1 saturated heterocycles. The quantitative estimate of drug-likeness (QED) is 0.449. The molecule has 0 bridgehead atoms. The first-order chi connectivity index (χ1) is 17.5. The van der Waals surface area contributed by atoms with Crippen molar-refractivity contribution in [3.05, 3.63) is 95.1 Å². The molecular weight excluding hydrogens is 454 g/mol. The molecule has 182 valence electrons. The second kappa shape index (κ2) is 10.1. The summed E-state index contributed by atoms with van der Waals surface area (Å²) in [6.45, 7) is 5.66. The zero-order valence-corrected chi connectivity index (χ0v) is 20.1. The summed E-state index contributed by atoms with van der Waals surface area (Å²) in [4.78, 5) is 28.5. The van der Waals surface area contributed by atoms with Gasteiger partial charge in [-0.2, -0.15) is 0 Å². The minimum absolute atomic E-state index is 0.0120. The summed E-state index contributed by atoms with van der Waals surface area (Å²) in [6.07, 6.45) is 0. The Kier molecular flexibility index (Phi) is 6.60. The third-order valence-corrected chi connectivity index (χ3v) is 6.37. The summed E-state index contributed by atoms with van der Waals surface area (Å²) < 4.78 is 5.86. The van der Waals surface area contributed by atoms with Crippen LogP contribution in [0.25, 0.3) is 22.9 Å². The summed E-state index contributed by atoms with van der Waals surface area (Å²) in [5.41, 5.74) is 10.3. The van der Waals surface area contributed by atoms with Gasteiger partial charge in [0.25, 0.3) is 5.91 Å². The molecule has 1 aromatic heterocycles. The van der Waals surface area contributed by atoms with Gasteiger partial charge in [0.2, 0.25) is 17.7 Å². The molecular formula is C28H27N5O3. The molecule has 36 heavy (non-hydrogen) atoms. The standard InChI is InChI=1S/C28H27N5O3/c1-19-3-2-4-24(17-19)27-31-30-26(36-27)22-9-11-23(12-10-22)28(35)33-15-13-32(14-16-33)18-20-5-7-21(8-6-20)25(29)34/h2-12,17H,13-16,18H2,1H3,(H2,29,34). The van der Waals surface area contributed by atoms with Crippen LogP contribution in [-0.2, 0) is 6.54 Å². The number of carbonyl (C=O) groups is 2. The van der Waals surface area contributed by atoms with E-state index in [1.165, 1.54) is 0 Å². The molecule has 0 saturated carbocycles. The summed E-state index contributed by atoms with van der Waals surface area (Å²) in [6, 6.07) is 22.5. The number of hydrogen-bond acceptors (Lipinski definition) is 6. The van der Waals surface area contributed by atoms with Crippen LogP contribution in [0.15, 0.2) is 77.2 Å². The van der Waals surface area contributed by atoms with E-state index in [1.54, 1.807) is 24.3 Å². The van der Waals surface area contributed by atoms with E-state index in [0.29, 0.717) is 36.0 Å². The highest BCUT2D eigenvalue weighted by molar-refractivity contribution is 5.94. The Morgan fingerprint density at radius 3 is 2.11 bits per heavy atom. The van der Waals surface area contributed by atoms with Crippen molar-refractivity contribution in [3.8, 4) is 22.9 Å². The third kappa shape index (κ3) is 5.18. The number of nitrogens with zero attached hydrogens (tertiary/aromatic N) is 4. The Labute approximate surface area is 209 Å². The monoisotopic (exact) mass is 481 g/mol. The van der Waals surface area contributed by atoms with Crippen molar-refractivity contribution in [3.63, 3.8) is 0 Å². The molecule has 8 heteroatoms. The predicted molar refractivity (Wildman–Crippen MR) is 136 cm³/mol. The van der Waals surface area contributed by atoms with Gasteiger partial charge in [-0.3, -0.25) is 14.5 Å². The topological polar surface area (TPSA) is 106 Å². The fourth-order valence-corrected chi connectivity index (χ4v) is 4.31. The van der Waals surface area contributed by atoms with E-state index in [2.05, 4.69) is 15.1 Å². The van der Waals surface area contributed by atoms with Crippen LogP contribution in [0, 0.1) is 6.92 Å². The number of aromatic nitrogens is 2. The van der Waals surface area contributed by atoms with Crippen molar-refractivity contribution < 1.29 is 14.0 Å². The minimum Gasteiger partial charge on any atom is -0.416 e. The van der Waals surface area contributed by atoms with Crippen LogP contribution >= 0.6 is 0 Å². The second-order valence-electron chi connectivity index (χ2n) is 8.99. The van der Waals surface area contributed by atoms with E-state index in [1.807, 2.05) is 60.4 Å². The SMILES string of the molecule is Cc1cccc(-c2nnc(-c3ccc(C(=O)N4CCN(Cc5ccc(C(N)=O)cc5)CC4)cc3)o2)c1. The van der Waals surface area contributed by atoms with E-state index in [-0.39, 0.29) is 5.91 Å². The number of rotatable bonds is 6. The number of carbonyl (C=O) groups excluding carboxylic acids is 2. The Bertz CT molecular complexity index is 1370. The Morgan fingerprint density at radius 1 is 0.833 bits per heavy atom. The van der Waals surface area contributed by atoms with Crippen LogP contribution in [-0.4, -0.2) is 58.0 Å². The third-order valence-electron chi connectivity index (χ3n) is 6.37. The Morgan fingerprint density at radius 2 is 1.47 bits per heavy atom. The van der Waals surface area contributed by atoms with Crippen molar-refractivity contribution in [1.29, 1.82) is 0 Å². The van der Waals surface area contributed by atoms with E-state index in [4.69, 9.17) is 10.2 Å². The second-order valence-corrected chi connectivity index (χ2v) is 8.99. The highest BCUT2D eigenvalue weighted by atomic mass is 16.4. The smallest absolute Gasteiger partial charge is 0.253 e. The fourth-order valence-electron chi connectivity index (χ4n) is 4.31. The van der Waals surface area contributed by atoms with Crippen molar-refractivity contribution >= 4 is 11.8 Å². The molecule has 1 aliphatic heterocycles. The maximum Gasteiger partial charge on any atom is 0.253 e. The lowest BCUT2D eigenvalue weighted by Crippen LogP contribution is -2.48. The first-order valence-electron chi connectivity index (χ1n) is 11.9. The van der Waals surface area contributed by atoms with Crippen LogP contribution in [0.5, 0.6) is 0 Å². The first kappa shape index (κ1) is 23.4. The lowest BCUT2D eigenvalue weighted by atomic mass is 10.1. The van der Waals surface area contributed by atoms with Gasteiger partial charge >= 0.3 is 0 Å². The fraction of sp³-hybridized carbons (Fsp3) is 0.214. The van der Waals surface area contributed by atoms with Crippen LogP contribution in [0.2, 0.25) is 0 Å². The summed E-state index contributed by atoms with van der Waals surface area (Å²) in [5.74, 6) is 0.474. The predicted octanol–water partition coefficient (Wildman–Crippen LogP) is 3.77. The lowest BCUT2D eigenvalue weighted by Gasteiger charge is -2.34. The maximum absolute atomic E-state index is 13.0. The molecule has 0 atom stereocenters. The average molecular weight is 482 g/mol. The number of amides is 2. The number of nitrogens with two attached hydrogens (primary N) is 1. The number of hydrogen-bond donors (Lipinski definition) is 1. The zero-order chi connectivity index (χ0) is 25.1. The molecule has 5 rings (SSSR count). The van der Waals surface area contributed by atoms with Gasteiger partial charge in [-0.25, -0.2) is 0 Å². The molecule has 4 aromatic rings. The van der Waals surface area contributed by atoms with E-state index >= 15 is 0 Å². The molecule has 2 amide bonds. The Hall–Kier alpha value is -4.30. The van der Waals surface area contributed by atoms with Crippen LogP contribution in [0.1, 0.15) is 31.8 Å². The summed E-state index contributed by atoms with van der Waals surface area (Å²) in [7, 11) is 0. The molecule has 0 aliphatic carbocycles. The van der Waals surface area contributed by atoms with Crippen molar-refractivity contribution in [2.45, 2.75) is 13.5 Å². The molecule has 0 radical (unpaired) electrons. The lowest BCUT2D eigenvalue weighted by molar-refractivity contribution is 0.0628. The molecule has 1 aliphatic rings. The number of primary amides is 1. The molecule has 0 unspecified atom stereocenters. The molecule has 0 spiro atoms. The number of aryl methyl sites for hydroxylation is 1. The first-order valence-corrected chi connectivity index (χ1v) is 11.9. The van der Waals surface area contributed by atoms with Crippen molar-refractivity contribution in [2.75, 3.05) is 26.2 Å². The van der Waals surface area contributed by atoms with E-state index < -0.39 is 5.91 Å². The molecule has 2 N–H and O–H groups in total. The van der Waals surface area contributed by atoms with Gasteiger partial charge in [0.05, 0.1) is 0 Å². The Balaban J connectivity index is 1.17. The van der Waals surface area contributed by atoms with Crippen LogP contribution in [0.4, 0.5) is 0 Å². The van der Waals surface area contributed by atoms with Crippen LogP contribution < -0.4 is 5.73 Å². The van der Waals surface area contributed by atoms with Gasteiger partial charge in [-0.05, 0) is 61.0 Å². The highest BCUT2D eigenvalue weighted by Gasteiger charge is 2.22. The average Bonchev–Trinajstić information content (AvgIpc) is 3.40. The van der Waals surface area contributed by atoms with Gasteiger partial charge in [0, 0.05) is 55.0 Å². The summed E-state index contributed by atoms with van der Waals surface area (Å²) >= 11 is 0. The van der Waals surface area contributed by atoms with E-state index in [0.717, 1.165) is 41.9 Å². The normalized spacial score (nSPS) is 14.1. The molecule has 2 heterocycles. The van der Waals surface area contributed by atoms with Crippen LogP contribution in [0.3, 0.4) is 0 Å². The zero-order valence-electron chi connectivity index (χ0n) is 20.1. The van der Waals surface area contributed by atoms with Gasteiger partial charge in [0.1, 0.15) is 0 Å². The molecule has 8 nitrogen and oxygen atoms in total. The van der Waals surface area contributed by atoms with E-state index in [9.17, 15) is 9.59 Å². The van der Waals surface area contributed by atoms with Gasteiger partial charge in [-0.1, -0.05) is 29.8 Å². The molecule has 3 aromatic carbocycles. The van der Waals surface area contributed by atoms with Gasteiger partial charge in [0.15, 0.2) is 0 Å². The largest absolute Gasteiger partial charge is 0.416 e. The van der Waals surface area contributed by atoms with Crippen molar-refractivity contribution in [2.24, 2.45) is 5.73 Å². The summed E-state index contributed by atoms with van der Waals surface area (Å²) in [5, 5.41) is 8.34.